The molecular formula is C16H19N5. The Hall–Kier alpha value is -2.14. The average molecular weight is 281 g/mol. The Morgan fingerprint density at radius 3 is 2.90 bits per heavy atom. The Kier molecular flexibility index (Phi) is 2.82. The highest BCUT2D eigenvalue weighted by Crippen LogP contribution is 2.27. The highest BCUT2D eigenvalue weighted by molar-refractivity contribution is 6.02. The smallest absolute Gasteiger partial charge is 0.201 e. The highest BCUT2D eigenvalue weighted by Gasteiger charge is 2.25. The van der Waals surface area contributed by atoms with Crippen LogP contribution >= 0.6 is 0 Å². The molecule has 4 rings (SSSR count). The lowest BCUT2D eigenvalue weighted by Crippen LogP contribution is -2.25. The maximum absolute atomic E-state index is 6.13. The van der Waals surface area contributed by atoms with Gasteiger partial charge in [-0.15, -0.1) is 0 Å². The third-order valence-corrected chi connectivity index (χ3v) is 4.36. The molecule has 2 aromatic heterocycles. The van der Waals surface area contributed by atoms with Crippen LogP contribution in [-0.2, 0) is 6.54 Å². The number of nitrogen functional groups attached to an aromatic ring is 1. The van der Waals surface area contributed by atoms with E-state index in [0.717, 1.165) is 41.1 Å². The van der Waals surface area contributed by atoms with Gasteiger partial charge in [-0.1, -0.05) is 18.2 Å². The first-order chi connectivity index (χ1) is 10.2. The van der Waals surface area contributed by atoms with Crippen LogP contribution < -0.4 is 5.73 Å². The van der Waals surface area contributed by atoms with Gasteiger partial charge in [0.05, 0.1) is 17.2 Å². The molecule has 2 heterocycles. The fourth-order valence-corrected chi connectivity index (χ4v) is 2.96. The van der Waals surface area contributed by atoms with E-state index in [0.29, 0.717) is 5.95 Å². The van der Waals surface area contributed by atoms with Crippen LogP contribution in [0.25, 0.3) is 21.9 Å². The van der Waals surface area contributed by atoms with E-state index in [1.165, 1.54) is 12.8 Å². The van der Waals surface area contributed by atoms with Gasteiger partial charge >= 0.3 is 0 Å². The zero-order valence-electron chi connectivity index (χ0n) is 12.2. The molecule has 5 heteroatoms. The minimum atomic E-state index is 0.576. The number of likely N-dealkylation sites (N-methyl/N-ethyl adjacent to an activating group) is 1. The van der Waals surface area contributed by atoms with Gasteiger partial charge in [-0.05, 0) is 26.0 Å². The van der Waals surface area contributed by atoms with E-state index in [4.69, 9.17) is 5.73 Å². The highest BCUT2D eigenvalue weighted by atomic mass is 15.2. The van der Waals surface area contributed by atoms with E-state index in [1.54, 1.807) is 0 Å². The zero-order valence-corrected chi connectivity index (χ0v) is 12.2. The predicted octanol–water partition coefficient (Wildman–Crippen LogP) is 2.26. The molecule has 1 saturated carbocycles. The summed E-state index contributed by atoms with van der Waals surface area (Å²) in [4.78, 5) is 11.3. The minimum absolute atomic E-state index is 0.576. The molecule has 0 unspecified atom stereocenters. The number of fused-ring (bicyclic) bond motifs is 3. The first-order valence-electron chi connectivity index (χ1n) is 7.44. The summed E-state index contributed by atoms with van der Waals surface area (Å²) in [6, 6.07) is 8.92. The van der Waals surface area contributed by atoms with Gasteiger partial charge in [0.25, 0.3) is 0 Å². The molecule has 0 amide bonds. The van der Waals surface area contributed by atoms with Crippen LogP contribution in [0.2, 0.25) is 0 Å². The number of rotatable bonds is 4. The molecule has 0 atom stereocenters. The summed E-state index contributed by atoms with van der Waals surface area (Å²) >= 11 is 0. The molecule has 1 aliphatic rings. The molecule has 108 valence electrons. The Balaban J connectivity index is 1.78. The minimum Gasteiger partial charge on any atom is -0.369 e. The Bertz CT molecular complexity index is 803. The first-order valence-corrected chi connectivity index (χ1v) is 7.44. The van der Waals surface area contributed by atoms with Crippen molar-refractivity contribution < 1.29 is 0 Å². The topological polar surface area (TPSA) is 60.0 Å². The van der Waals surface area contributed by atoms with Gasteiger partial charge in [0.15, 0.2) is 0 Å². The number of pyridine rings is 1. The van der Waals surface area contributed by atoms with Crippen LogP contribution in [0.5, 0.6) is 0 Å². The fraction of sp³-hybridized carbons (Fsp3) is 0.375. The number of benzene rings is 1. The molecular weight excluding hydrogens is 262 g/mol. The Morgan fingerprint density at radius 1 is 1.29 bits per heavy atom. The van der Waals surface area contributed by atoms with Crippen LogP contribution in [0, 0.1) is 0 Å². The summed E-state index contributed by atoms with van der Waals surface area (Å²) in [5.74, 6) is 0.576. The lowest BCUT2D eigenvalue weighted by Gasteiger charge is -2.17. The number of nitrogens with two attached hydrogens (primary N) is 1. The second-order valence-corrected chi connectivity index (χ2v) is 5.84. The third kappa shape index (κ3) is 2.14. The van der Waals surface area contributed by atoms with Crippen LogP contribution in [0.3, 0.4) is 0 Å². The summed E-state index contributed by atoms with van der Waals surface area (Å²) in [5.41, 5.74) is 9.09. The number of hydrogen-bond acceptors (Lipinski definition) is 4. The maximum Gasteiger partial charge on any atom is 0.201 e. The number of hydrogen-bond donors (Lipinski definition) is 1. The number of anilines is 1. The molecule has 0 saturated heterocycles. The molecule has 0 spiro atoms. The van der Waals surface area contributed by atoms with Crippen LogP contribution in [-0.4, -0.2) is 39.1 Å². The van der Waals surface area contributed by atoms with Crippen molar-refractivity contribution >= 4 is 27.9 Å². The molecule has 0 bridgehead atoms. The van der Waals surface area contributed by atoms with Crippen molar-refractivity contribution in [1.29, 1.82) is 0 Å². The molecule has 21 heavy (non-hydrogen) atoms. The van der Waals surface area contributed by atoms with E-state index in [1.807, 2.05) is 24.4 Å². The molecule has 0 aliphatic heterocycles. The molecule has 0 radical (unpaired) electrons. The van der Waals surface area contributed by atoms with E-state index in [9.17, 15) is 0 Å². The van der Waals surface area contributed by atoms with E-state index in [2.05, 4.69) is 32.5 Å². The van der Waals surface area contributed by atoms with Gasteiger partial charge in [0.2, 0.25) is 5.95 Å². The predicted molar refractivity (Wildman–Crippen MR) is 85.1 cm³/mol. The zero-order chi connectivity index (χ0) is 14.4. The van der Waals surface area contributed by atoms with Crippen LogP contribution in [0.4, 0.5) is 5.95 Å². The van der Waals surface area contributed by atoms with Gasteiger partial charge in [-0.25, -0.2) is 4.98 Å². The molecule has 1 aliphatic carbocycles. The van der Waals surface area contributed by atoms with Crippen molar-refractivity contribution in [3.8, 4) is 0 Å². The molecule has 1 aromatic carbocycles. The number of aromatic nitrogens is 3. The summed E-state index contributed by atoms with van der Waals surface area (Å²) < 4.78 is 2.12. The third-order valence-electron chi connectivity index (χ3n) is 4.36. The van der Waals surface area contributed by atoms with Gasteiger partial charge in [0, 0.05) is 24.5 Å². The standard InChI is InChI=1S/C16H19N5/c1-20(11-6-7-11)8-9-21-15-12-4-2-3-5-13(12)18-10-14(15)19-16(21)17/h2-5,10-11H,6-9H2,1H3,(H2,17,19). The quantitative estimate of drug-likeness (QED) is 0.797. The largest absolute Gasteiger partial charge is 0.369 e. The van der Waals surface area contributed by atoms with Crippen molar-refractivity contribution in [2.24, 2.45) is 0 Å². The Morgan fingerprint density at radius 2 is 2.10 bits per heavy atom. The molecule has 5 nitrogen and oxygen atoms in total. The number of imidazole rings is 1. The second-order valence-electron chi connectivity index (χ2n) is 5.84. The SMILES string of the molecule is CN(CCn1c(N)nc2cnc3ccccc3c21)C1CC1. The summed E-state index contributed by atoms with van der Waals surface area (Å²) in [7, 11) is 2.19. The normalized spacial score (nSPS) is 15.3. The molecule has 1 fully saturated rings. The number of para-hydroxylation sites is 1. The van der Waals surface area contributed by atoms with Crippen molar-refractivity contribution in [2.75, 3.05) is 19.3 Å². The maximum atomic E-state index is 6.13. The summed E-state index contributed by atoms with van der Waals surface area (Å²) in [6.07, 6.45) is 4.46. The lowest BCUT2D eigenvalue weighted by molar-refractivity contribution is 0.311. The lowest BCUT2D eigenvalue weighted by atomic mass is 10.2. The fourth-order valence-electron chi connectivity index (χ4n) is 2.96. The van der Waals surface area contributed by atoms with E-state index < -0.39 is 0 Å². The summed E-state index contributed by atoms with van der Waals surface area (Å²) in [5, 5.41) is 1.12. The van der Waals surface area contributed by atoms with Crippen molar-refractivity contribution in [1.82, 2.24) is 19.4 Å². The van der Waals surface area contributed by atoms with Crippen molar-refractivity contribution in [3.63, 3.8) is 0 Å². The monoisotopic (exact) mass is 281 g/mol. The van der Waals surface area contributed by atoms with E-state index >= 15 is 0 Å². The second kappa shape index (κ2) is 4.70. The van der Waals surface area contributed by atoms with Crippen molar-refractivity contribution in [2.45, 2.75) is 25.4 Å². The first kappa shape index (κ1) is 12.6. The average Bonchev–Trinajstić information content (AvgIpc) is 3.29. The van der Waals surface area contributed by atoms with E-state index in [-0.39, 0.29) is 0 Å². The molecule has 3 aromatic rings. The molecule has 2 N–H and O–H groups in total. The van der Waals surface area contributed by atoms with Gasteiger partial charge in [0.1, 0.15) is 5.52 Å². The van der Waals surface area contributed by atoms with Gasteiger partial charge < -0.3 is 15.2 Å². The van der Waals surface area contributed by atoms with Crippen molar-refractivity contribution in [3.05, 3.63) is 30.5 Å². The van der Waals surface area contributed by atoms with Crippen LogP contribution in [0.15, 0.2) is 30.5 Å². The summed E-state index contributed by atoms with van der Waals surface area (Å²) in [6.45, 7) is 1.86. The Labute approximate surface area is 123 Å². The van der Waals surface area contributed by atoms with Crippen LogP contribution in [0.1, 0.15) is 12.8 Å². The van der Waals surface area contributed by atoms with Gasteiger partial charge in [-0.2, -0.15) is 0 Å². The van der Waals surface area contributed by atoms with Gasteiger partial charge in [-0.3, -0.25) is 4.98 Å². The number of nitrogens with zero attached hydrogens (tertiary/aromatic N) is 4.